The maximum atomic E-state index is 12.7. The molecule has 0 atom stereocenters. The summed E-state index contributed by atoms with van der Waals surface area (Å²) >= 11 is 7.41. The molecule has 0 bridgehead atoms. The molecular formula is C19H17ClF3N5OS. The number of aromatic nitrogens is 4. The highest BCUT2D eigenvalue weighted by Gasteiger charge is 2.31. The topological polar surface area (TPSA) is 63.9 Å². The van der Waals surface area contributed by atoms with Crippen LogP contribution in [0.4, 0.5) is 18.9 Å². The van der Waals surface area contributed by atoms with Gasteiger partial charge >= 0.3 is 6.18 Å². The first kappa shape index (κ1) is 22.1. The molecule has 0 spiro atoms. The molecular weight excluding hydrogens is 439 g/mol. The molecule has 30 heavy (non-hydrogen) atoms. The van der Waals surface area contributed by atoms with Crippen LogP contribution in [0.3, 0.4) is 0 Å². The van der Waals surface area contributed by atoms with Gasteiger partial charge in [-0.1, -0.05) is 11.6 Å². The number of nitrogens with zero attached hydrogens (tertiary/aromatic N) is 5. The molecule has 0 aromatic carbocycles. The molecule has 158 valence electrons. The summed E-state index contributed by atoms with van der Waals surface area (Å²) in [6, 6.07) is 4.61. The first-order valence-electron chi connectivity index (χ1n) is 8.75. The third kappa shape index (κ3) is 5.11. The lowest BCUT2D eigenvalue weighted by Crippen LogP contribution is -2.26. The van der Waals surface area contributed by atoms with Gasteiger partial charge < -0.3 is 4.90 Å². The predicted octanol–water partition coefficient (Wildman–Crippen LogP) is 4.79. The van der Waals surface area contributed by atoms with Gasteiger partial charge in [0.1, 0.15) is 5.69 Å². The lowest BCUT2D eigenvalue weighted by atomic mass is 10.2. The van der Waals surface area contributed by atoms with Crippen molar-refractivity contribution >= 4 is 35.0 Å². The quantitative estimate of drug-likeness (QED) is 0.500. The molecule has 3 aromatic rings. The standard InChI is InChI=1S/C19H17ClF3N5OS/c1-12-8-13(19(21,22)23)9-25-18(12)30-7-5-16(29)27(2)15-11-28(26-17(15)20)14-4-3-6-24-10-14/h3-4,6,8-11H,5,7H2,1-2H3. The first-order valence-corrected chi connectivity index (χ1v) is 10.1. The molecule has 6 nitrogen and oxygen atoms in total. The van der Waals surface area contributed by atoms with E-state index in [9.17, 15) is 18.0 Å². The fraction of sp³-hybridized carbons (Fsp3) is 0.263. The SMILES string of the molecule is Cc1cc(C(F)(F)F)cnc1SCCC(=O)N(C)c1cn(-c2cccnc2)nc1Cl. The molecule has 0 radical (unpaired) electrons. The Morgan fingerprint density at radius 1 is 1.33 bits per heavy atom. The normalized spacial score (nSPS) is 11.5. The molecule has 0 aliphatic rings. The minimum absolute atomic E-state index is 0.151. The molecule has 3 heterocycles. The number of carbonyl (C=O) groups excluding carboxylic acids is 1. The maximum Gasteiger partial charge on any atom is 0.417 e. The van der Waals surface area contributed by atoms with Gasteiger partial charge in [0, 0.05) is 31.6 Å². The lowest BCUT2D eigenvalue weighted by molar-refractivity contribution is -0.138. The molecule has 0 saturated carbocycles. The summed E-state index contributed by atoms with van der Waals surface area (Å²) in [4.78, 5) is 21.8. The third-order valence-electron chi connectivity index (χ3n) is 4.21. The minimum Gasteiger partial charge on any atom is -0.311 e. The highest BCUT2D eigenvalue weighted by molar-refractivity contribution is 7.99. The number of hydrogen-bond acceptors (Lipinski definition) is 5. The van der Waals surface area contributed by atoms with Crippen LogP contribution in [0.5, 0.6) is 0 Å². The number of hydrogen-bond donors (Lipinski definition) is 0. The summed E-state index contributed by atoms with van der Waals surface area (Å²) in [5.74, 6) is 0.149. The summed E-state index contributed by atoms with van der Waals surface area (Å²) in [5, 5.41) is 4.82. The number of alkyl halides is 3. The maximum absolute atomic E-state index is 12.7. The van der Waals surface area contributed by atoms with Gasteiger partial charge in [0.05, 0.1) is 28.7 Å². The summed E-state index contributed by atoms with van der Waals surface area (Å²) in [6.45, 7) is 1.56. The van der Waals surface area contributed by atoms with Crippen molar-refractivity contribution in [3.05, 3.63) is 59.3 Å². The number of pyridine rings is 2. The Morgan fingerprint density at radius 3 is 2.73 bits per heavy atom. The zero-order valence-electron chi connectivity index (χ0n) is 16.0. The minimum atomic E-state index is -4.43. The van der Waals surface area contributed by atoms with E-state index in [1.807, 2.05) is 0 Å². The van der Waals surface area contributed by atoms with E-state index in [4.69, 9.17) is 11.6 Å². The van der Waals surface area contributed by atoms with E-state index in [1.54, 1.807) is 44.7 Å². The summed E-state index contributed by atoms with van der Waals surface area (Å²) in [6.07, 6.45) is 1.40. The van der Waals surface area contributed by atoms with Gasteiger partial charge in [-0.2, -0.15) is 18.3 Å². The van der Waals surface area contributed by atoms with E-state index in [0.717, 1.165) is 12.3 Å². The van der Waals surface area contributed by atoms with Crippen molar-refractivity contribution in [2.45, 2.75) is 24.5 Å². The van der Waals surface area contributed by atoms with Gasteiger partial charge in [0.2, 0.25) is 5.91 Å². The first-order chi connectivity index (χ1) is 14.2. The van der Waals surface area contributed by atoms with Crippen LogP contribution in [0.1, 0.15) is 17.5 Å². The van der Waals surface area contributed by atoms with E-state index in [0.29, 0.717) is 27.7 Å². The van der Waals surface area contributed by atoms with Crippen molar-refractivity contribution in [1.82, 2.24) is 19.7 Å². The van der Waals surface area contributed by atoms with Crippen molar-refractivity contribution in [2.24, 2.45) is 0 Å². The van der Waals surface area contributed by atoms with Crippen molar-refractivity contribution in [3.8, 4) is 5.69 Å². The van der Waals surface area contributed by atoms with Gasteiger partial charge in [-0.3, -0.25) is 9.78 Å². The largest absolute Gasteiger partial charge is 0.417 e. The Balaban J connectivity index is 1.61. The van der Waals surface area contributed by atoms with Gasteiger partial charge in [-0.05, 0) is 30.7 Å². The van der Waals surface area contributed by atoms with Gasteiger partial charge in [0.25, 0.3) is 0 Å². The number of aryl methyl sites for hydroxylation is 1. The second-order valence-electron chi connectivity index (χ2n) is 6.36. The number of rotatable bonds is 6. The predicted molar refractivity (Wildman–Crippen MR) is 109 cm³/mol. The van der Waals surface area contributed by atoms with Crippen molar-refractivity contribution < 1.29 is 18.0 Å². The fourth-order valence-corrected chi connectivity index (χ4v) is 3.74. The van der Waals surface area contributed by atoms with Gasteiger partial charge in [0.15, 0.2) is 5.15 Å². The number of thioether (sulfide) groups is 1. The molecule has 11 heteroatoms. The molecule has 0 aliphatic heterocycles. The second kappa shape index (κ2) is 9.05. The van der Waals surface area contributed by atoms with Crippen molar-refractivity contribution in [1.29, 1.82) is 0 Å². The van der Waals surface area contributed by atoms with Crippen LogP contribution >= 0.6 is 23.4 Å². The lowest BCUT2D eigenvalue weighted by Gasteiger charge is -2.15. The van der Waals surface area contributed by atoms with Gasteiger partial charge in [-0.25, -0.2) is 9.67 Å². The Morgan fingerprint density at radius 2 is 2.10 bits per heavy atom. The Kier molecular flexibility index (Phi) is 6.67. The Labute approximate surface area is 180 Å². The zero-order valence-corrected chi connectivity index (χ0v) is 17.6. The van der Waals surface area contributed by atoms with Crippen LogP contribution in [0.25, 0.3) is 5.69 Å². The summed E-state index contributed by atoms with van der Waals surface area (Å²) < 4.78 is 39.7. The molecule has 0 aliphatic carbocycles. The number of amides is 1. The summed E-state index contributed by atoms with van der Waals surface area (Å²) in [5.41, 5.74) is 0.766. The van der Waals surface area contributed by atoms with Crippen LogP contribution in [0.15, 0.2) is 48.0 Å². The average Bonchev–Trinajstić information content (AvgIpc) is 3.10. The summed E-state index contributed by atoms with van der Waals surface area (Å²) in [7, 11) is 1.59. The van der Waals surface area contributed by atoms with Gasteiger partial charge in [-0.15, -0.1) is 11.8 Å². The van der Waals surface area contributed by atoms with Crippen LogP contribution in [0.2, 0.25) is 5.15 Å². The second-order valence-corrected chi connectivity index (χ2v) is 7.80. The third-order valence-corrected chi connectivity index (χ3v) is 5.59. The number of carbonyl (C=O) groups is 1. The fourth-order valence-electron chi connectivity index (χ4n) is 2.60. The molecule has 3 aromatic heterocycles. The van der Waals surface area contributed by atoms with Crippen LogP contribution in [-0.4, -0.2) is 38.5 Å². The molecule has 0 unspecified atom stereocenters. The number of halogens is 4. The van der Waals surface area contributed by atoms with E-state index in [2.05, 4.69) is 15.1 Å². The highest BCUT2D eigenvalue weighted by Crippen LogP contribution is 2.32. The zero-order chi connectivity index (χ0) is 21.9. The smallest absolute Gasteiger partial charge is 0.311 e. The average molecular weight is 456 g/mol. The Bertz CT molecular complexity index is 1040. The highest BCUT2D eigenvalue weighted by atomic mass is 35.5. The van der Waals surface area contributed by atoms with E-state index < -0.39 is 11.7 Å². The van der Waals surface area contributed by atoms with Crippen molar-refractivity contribution in [3.63, 3.8) is 0 Å². The molecule has 0 N–H and O–H groups in total. The van der Waals surface area contributed by atoms with E-state index in [-0.39, 0.29) is 17.5 Å². The molecule has 0 fully saturated rings. The Hall–Kier alpha value is -2.59. The van der Waals surface area contributed by atoms with Crippen LogP contribution in [0, 0.1) is 6.92 Å². The molecule has 1 amide bonds. The molecule has 3 rings (SSSR count). The van der Waals surface area contributed by atoms with E-state index in [1.165, 1.54) is 21.3 Å². The van der Waals surface area contributed by atoms with Crippen molar-refractivity contribution in [2.75, 3.05) is 17.7 Å². The number of anilines is 1. The van der Waals surface area contributed by atoms with Crippen LogP contribution in [-0.2, 0) is 11.0 Å². The molecule has 0 saturated heterocycles. The monoisotopic (exact) mass is 455 g/mol. The van der Waals surface area contributed by atoms with E-state index >= 15 is 0 Å². The van der Waals surface area contributed by atoms with Crippen LogP contribution < -0.4 is 4.90 Å².